The summed E-state index contributed by atoms with van der Waals surface area (Å²) in [6.07, 6.45) is -1.69. The van der Waals surface area contributed by atoms with Gasteiger partial charge in [-0.2, -0.15) is 0 Å². The summed E-state index contributed by atoms with van der Waals surface area (Å²) in [5.74, 6) is 0. The van der Waals surface area contributed by atoms with Crippen LogP contribution in [-0.2, 0) is 0 Å². The van der Waals surface area contributed by atoms with Crippen molar-refractivity contribution in [3.05, 3.63) is 20.2 Å². The smallest absolute Gasteiger partial charge is 0.259 e. The van der Waals surface area contributed by atoms with Gasteiger partial charge in [0.2, 0.25) is 0 Å². The summed E-state index contributed by atoms with van der Waals surface area (Å²) in [5.41, 5.74) is 0. The second-order valence-corrected chi connectivity index (χ2v) is 1.20. The predicted octanol–water partition coefficient (Wildman–Crippen LogP) is -3.11. The van der Waals surface area contributed by atoms with Crippen LogP contribution < -0.4 is 51.4 Å². The van der Waals surface area contributed by atoms with Crippen LogP contribution in [0.2, 0.25) is 0 Å². The number of hydrogen-bond acceptors (Lipinski definition) is 4. The predicted molar refractivity (Wildman–Crippen MR) is 23.5 cm³/mol. The van der Waals surface area contributed by atoms with Crippen LogP contribution in [-0.4, -0.2) is 16.0 Å². The van der Waals surface area contributed by atoms with Gasteiger partial charge in [-0.25, -0.2) is 0 Å². The first-order valence-electron chi connectivity index (χ1n) is 1.82. The van der Waals surface area contributed by atoms with E-state index in [1.54, 1.807) is 0 Å². The first-order chi connectivity index (χ1) is 3.55. The second kappa shape index (κ2) is 5.24. The van der Waals surface area contributed by atoms with E-state index in [0.29, 0.717) is 0 Å². The zero-order valence-electron chi connectivity index (χ0n) is 5.10. The third-order valence-electron chi connectivity index (χ3n) is 0.610. The molecule has 0 rings (SSSR count). The molecular weight excluding hydrogens is 155 g/mol. The minimum Gasteiger partial charge on any atom is -0.259 e. The van der Waals surface area contributed by atoms with E-state index in [0.717, 1.165) is 6.92 Å². The summed E-state index contributed by atoms with van der Waals surface area (Å²) in [5, 5.41) is 19.0. The Bertz CT molecular complexity index is 112. The Morgan fingerprint density at radius 1 is 1.22 bits per heavy atom. The van der Waals surface area contributed by atoms with Crippen LogP contribution in [0.25, 0.3) is 0 Å². The van der Waals surface area contributed by atoms with Crippen molar-refractivity contribution in [3.8, 4) is 0 Å². The van der Waals surface area contributed by atoms with Crippen LogP contribution in [0.4, 0.5) is 0 Å². The van der Waals surface area contributed by atoms with Gasteiger partial charge in [0.1, 0.15) is 0 Å². The first-order valence-corrected chi connectivity index (χ1v) is 1.82. The molecule has 0 unspecified atom stereocenters. The van der Waals surface area contributed by atoms with Crippen LogP contribution in [0.15, 0.2) is 0 Å². The zero-order valence-corrected chi connectivity index (χ0v) is 8.23. The third-order valence-corrected chi connectivity index (χ3v) is 0.610. The molecule has 9 heavy (non-hydrogen) atoms. The van der Waals surface area contributed by atoms with Crippen molar-refractivity contribution in [2.75, 3.05) is 0 Å². The maximum absolute atomic E-state index is 9.50. The van der Waals surface area contributed by atoms with E-state index in [-0.39, 0.29) is 51.4 Å². The Morgan fingerprint density at radius 3 is 1.44 bits per heavy atom. The summed E-state index contributed by atoms with van der Waals surface area (Å²) < 4.78 is 0. The van der Waals surface area contributed by atoms with E-state index >= 15 is 0 Å². The Morgan fingerprint density at radius 2 is 1.44 bits per heavy atom. The van der Waals surface area contributed by atoms with E-state index in [4.69, 9.17) is 0 Å². The first kappa shape index (κ1) is 12.1. The van der Waals surface area contributed by atoms with Gasteiger partial charge >= 0.3 is 57.6 Å². The van der Waals surface area contributed by atoms with Crippen molar-refractivity contribution in [1.82, 2.24) is 0 Å². The molecule has 0 aromatic heterocycles. The van der Waals surface area contributed by atoms with Gasteiger partial charge in [-0.15, -0.1) is 0 Å². The monoisotopic (exact) mass is 159 g/mol. The number of rotatable bonds is 2. The molecule has 0 aromatic carbocycles. The summed E-state index contributed by atoms with van der Waals surface area (Å²) >= 11 is 0. The molecular formula is C2H4KN2O4+. The van der Waals surface area contributed by atoms with E-state index in [1.807, 2.05) is 0 Å². The minimum atomic E-state index is -1.69. The van der Waals surface area contributed by atoms with Crippen molar-refractivity contribution in [3.63, 3.8) is 0 Å². The molecule has 7 heteroatoms. The number of nitrogens with zero attached hydrogens (tertiary/aromatic N) is 2. The molecule has 0 aliphatic heterocycles. The summed E-state index contributed by atoms with van der Waals surface area (Å²) in [6, 6.07) is 0. The molecule has 6 nitrogen and oxygen atoms in total. The van der Waals surface area contributed by atoms with Crippen molar-refractivity contribution < 1.29 is 61.2 Å². The molecule has 0 saturated heterocycles. The third kappa shape index (κ3) is 4.91. The summed E-state index contributed by atoms with van der Waals surface area (Å²) in [6.45, 7) is 0.917. The number of nitro groups is 2. The maximum atomic E-state index is 9.50. The SMILES string of the molecule is CC([N+](=O)[O-])[N+](=O)[O-].[K+]. The van der Waals surface area contributed by atoms with Gasteiger partial charge in [-0.3, -0.25) is 20.2 Å². The quantitative estimate of drug-likeness (QED) is 0.185. The van der Waals surface area contributed by atoms with E-state index in [2.05, 4.69) is 0 Å². The van der Waals surface area contributed by atoms with Crippen molar-refractivity contribution in [1.29, 1.82) is 0 Å². The summed E-state index contributed by atoms with van der Waals surface area (Å²) in [4.78, 5) is 17.1. The standard InChI is InChI=1S/C2H4N2O4.K/c1-2(3(5)6)4(7)8;/h2H,1H3;/q;+1. The molecule has 0 saturated carbocycles. The molecule has 0 aromatic rings. The average molecular weight is 159 g/mol. The van der Waals surface area contributed by atoms with Crippen LogP contribution >= 0.6 is 0 Å². The fraction of sp³-hybridized carbons (Fsp3) is 1.00. The Labute approximate surface area is 93.3 Å². The molecule has 46 valence electrons. The van der Waals surface area contributed by atoms with Gasteiger partial charge in [-0.05, 0) is 0 Å². The van der Waals surface area contributed by atoms with Crippen LogP contribution in [0, 0.1) is 20.2 Å². The van der Waals surface area contributed by atoms with Crippen molar-refractivity contribution in [2.24, 2.45) is 0 Å². The van der Waals surface area contributed by atoms with Crippen molar-refractivity contribution >= 4 is 0 Å². The summed E-state index contributed by atoms with van der Waals surface area (Å²) in [7, 11) is 0. The molecule has 0 aliphatic carbocycles. The molecule has 0 atom stereocenters. The largest absolute Gasteiger partial charge is 1.00 e. The molecule has 0 bridgehead atoms. The van der Waals surface area contributed by atoms with Gasteiger partial charge in [-0.1, -0.05) is 0 Å². The fourth-order valence-electron chi connectivity index (χ4n) is 0.0770. The molecule has 0 spiro atoms. The van der Waals surface area contributed by atoms with Gasteiger partial charge in [0.05, 0.1) is 16.8 Å². The Balaban J connectivity index is 0. The normalized spacial score (nSPS) is 8.22. The van der Waals surface area contributed by atoms with Crippen LogP contribution in [0.1, 0.15) is 6.92 Å². The van der Waals surface area contributed by atoms with Gasteiger partial charge in [0.15, 0.2) is 0 Å². The van der Waals surface area contributed by atoms with E-state index < -0.39 is 16.0 Å². The van der Waals surface area contributed by atoms with Crippen LogP contribution in [0.5, 0.6) is 0 Å². The molecule has 0 N–H and O–H groups in total. The van der Waals surface area contributed by atoms with E-state index in [9.17, 15) is 20.2 Å². The zero-order chi connectivity index (χ0) is 6.73. The van der Waals surface area contributed by atoms with Gasteiger partial charge in [0, 0.05) is 0 Å². The Hall–Kier alpha value is 0.436. The Kier molecular flexibility index (Phi) is 7.07. The molecule has 0 aliphatic rings. The van der Waals surface area contributed by atoms with E-state index in [1.165, 1.54) is 0 Å². The topological polar surface area (TPSA) is 86.3 Å². The molecule has 0 fully saturated rings. The average Bonchev–Trinajstić information content (AvgIpc) is 1.64. The molecule has 0 heterocycles. The van der Waals surface area contributed by atoms with Gasteiger partial charge in [0.25, 0.3) is 0 Å². The van der Waals surface area contributed by atoms with Gasteiger partial charge < -0.3 is 0 Å². The molecule has 0 radical (unpaired) electrons. The number of hydrogen-bond donors (Lipinski definition) is 0. The second-order valence-electron chi connectivity index (χ2n) is 1.20. The van der Waals surface area contributed by atoms with Crippen molar-refractivity contribution in [2.45, 2.75) is 13.1 Å². The molecule has 0 amide bonds. The minimum absolute atomic E-state index is 0. The fourth-order valence-corrected chi connectivity index (χ4v) is 0.0770. The maximum Gasteiger partial charge on any atom is 1.00 e. The van der Waals surface area contributed by atoms with Crippen LogP contribution in [0.3, 0.4) is 0 Å².